The summed E-state index contributed by atoms with van der Waals surface area (Å²) in [6, 6.07) is 0. The number of esters is 2. The highest BCUT2D eigenvalue weighted by Gasteiger charge is 2.55. The van der Waals surface area contributed by atoms with Crippen molar-refractivity contribution in [3.8, 4) is 11.8 Å². The summed E-state index contributed by atoms with van der Waals surface area (Å²) in [7, 11) is 1.32. The number of ether oxygens (including phenoxy) is 2. The van der Waals surface area contributed by atoms with E-state index in [1.807, 2.05) is 0 Å². The summed E-state index contributed by atoms with van der Waals surface area (Å²) in [5.41, 5.74) is -0.325. The molecule has 2 fully saturated rings. The van der Waals surface area contributed by atoms with Crippen molar-refractivity contribution in [1.82, 2.24) is 0 Å². The Labute approximate surface area is 133 Å². The van der Waals surface area contributed by atoms with Crippen LogP contribution in [-0.4, -0.2) is 29.1 Å². The number of unbranched alkanes of at least 4 members (excludes halogenated alkanes) is 1. The lowest BCUT2D eigenvalue weighted by molar-refractivity contribution is -0.150. The largest absolute Gasteiger partial charge is 0.461 e. The summed E-state index contributed by atoms with van der Waals surface area (Å²) in [6.45, 7) is 0. The fourth-order valence-corrected chi connectivity index (χ4v) is 4.44. The number of hydrogen-bond acceptors (Lipinski definition) is 4. The van der Waals surface area contributed by atoms with Crippen LogP contribution in [0.3, 0.4) is 0 Å². The molecule has 0 unspecified atom stereocenters. The van der Waals surface area contributed by atoms with E-state index in [1.54, 1.807) is 0 Å². The van der Waals surface area contributed by atoms with E-state index in [9.17, 15) is 9.59 Å². The lowest BCUT2D eigenvalue weighted by Crippen LogP contribution is -2.34. The van der Waals surface area contributed by atoms with Gasteiger partial charge in [0.25, 0.3) is 0 Å². The zero-order valence-corrected chi connectivity index (χ0v) is 13.8. The van der Waals surface area contributed by atoms with Crippen LogP contribution < -0.4 is 0 Å². The monoisotopic (exact) mass is 390 g/mol. The van der Waals surface area contributed by atoms with Gasteiger partial charge in [0.1, 0.15) is 6.10 Å². The molecule has 0 N–H and O–H groups in total. The zero-order valence-electron chi connectivity index (χ0n) is 11.6. The molecule has 0 aromatic carbocycles. The van der Waals surface area contributed by atoms with Crippen molar-refractivity contribution < 1.29 is 19.1 Å². The van der Waals surface area contributed by atoms with Gasteiger partial charge in [-0.05, 0) is 32.1 Å². The van der Waals surface area contributed by atoms with Gasteiger partial charge in [-0.15, -0.1) is 0 Å². The molecule has 0 amide bonds. The molecule has 20 heavy (non-hydrogen) atoms. The fourth-order valence-electron chi connectivity index (χ4n) is 3.06. The second-order valence-corrected chi connectivity index (χ2v) is 6.74. The van der Waals surface area contributed by atoms with E-state index in [0.29, 0.717) is 6.42 Å². The molecule has 3 atom stereocenters. The smallest absolute Gasteiger partial charge is 0.384 e. The Kier molecular flexibility index (Phi) is 5.30. The highest BCUT2D eigenvalue weighted by molar-refractivity contribution is 14.1. The van der Waals surface area contributed by atoms with Gasteiger partial charge in [0.2, 0.25) is 0 Å². The van der Waals surface area contributed by atoms with Crippen LogP contribution in [0.2, 0.25) is 0 Å². The van der Waals surface area contributed by atoms with Gasteiger partial charge in [0, 0.05) is 12.3 Å². The molecule has 5 heteroatoms. The maximum atomic E-state index is 12.2. The van der Waals surface area contributed by atoms with Crippen molar-refractivity contribution in [3.05, 3.63) is 0 Å². The summed E-state index contributed by atoms with van der Waals surface area (Å²) in [5.74, 6) is 4.68. The Morgan fingerprint density at radius 1 is 1.55 bits per heavy atom. The molecule has 1 saturated carbocycles. The van der Waals surface area contributed by atoms with Gasteiger partial charge in [-0.3, -0.25) is 4.79 Å². The predicted molar refractivity (Wildman–Crippen MR) is 82.2 cm³/mol. The Morgan fingerprint density at radius 3 is 3.10 bits per heavy atom. The molecule has 2 rings (SSSR count). The lowest BCUT2D eigenvalue weighted by Gasteiger charge is -2.27. The molecule has 0 aromatic rings. The van der Waals surface area contributed by atoms with Gasteiger partial charge < -0.3 is 9.47 Å². The average Bonchev–Trinajstić information content (AvgIpc) is 2.57. The van der Waals surface area contributed by atoms with Crippen molar-refractivity contribution in [2.24, 2.45) is 5.41 Å². The molecular formula is C15H19IO4. The second kappa shape index (κ2) is 6.79. The molecule has 0 aromatic heterocycles. The van der Waals surface area contributed by atoms with Gasteiger partial charge in [-0.1, -0.05) is 34.9 Å². The van der Waals surface area contributed by atoms with Crippen LogP contribution in [0.15, 0.2) is 0 Å². The average molecular weight is 390 g/mol. The maximum Gasteiger partial charge on any atom is 0.384 e. The zero-order chi connectivity index (χ0) is 14.6. The molecule has 110 valence electrons. The molecule has 2 aliphatic rings. The third kappa shape index (κ3) is 3.11. The summed E-state index contributed by atoms with van der Waals surface area (Å²) < 4.78 is 10.3. The number of carbonyl (C=O) groups excluding carboxylic acids is 2. The SMILES string of the molecule is COC(=O)C#CCCC[C@]12CCCC[C@H](OC1=O)[C@H]2I. The van der Waals surface area contributed by atoms with E-state index in [-0.39, 0.29) is 21.4 Å². The van der Waals surface area contributed by atoms with Crippen molar-refractivity contribution in [3.63, 3.8) is 0 Å². The predicted octanol–water partition coefficient (Wildman–Crippen LogP) is 2.62. The lowest BCUT2D eigenvalue weighted by atomic mass is 9.77. The first-order valence-corrected chi connectivity index (χ1v) is 8.27. The number of halogens is 1. The van der Waals surface area contributed by atoms with Crippen LogP contribution in [0.25, 0.3) is 0 Å². The first kappa shape index (κ1) is 15.6. The summed E-state index contributed by atoms with van der Waals surface area (Å²) in [5, 5.41) is 0. The number of methoxy groups -OCH3 is 1. The maximum absolute atomic E-state index is 12.2. The van der Waals surface area contributed by atoms with Gasteiger partial charge in [-0.2, -0.15) is 0 Å². The number of carbonyl (C=O) groups is 2. The van der Waals surface area contributed by atoms with Crippen molar-refractivity contribution >= 4 is 34.5 Å². The first-order valence-electron chi connectivity index (χ1n) is 7.02. The minimum Gasteiger partial charge on any atom is -0.461 e. The van der Waals surface area contributed by atoms with Crippen LogP contribution in [0.5, 0.6) is 0 Å². The molecule has 0 spiro atoms. The Hall–Kier alpha value is -0.770. The van der Waals surface area contributed by atoms with Crippen LogP contribution in [0.1, 0.15) is 44.9 Å². The Morgan fingerprint density at radius 2 is 2.35 bits per heavy atom. The van der Waals surface area contributed by atoms with E-state index in [2.05, 4.69) is 39.2 Å². The van der Waals surface area contributed by atoms with E-state index < -0.39 is 5.97 Å². The quantitative estimate of drug-likeness (QED) is 0.186. The number of alkyl halides is 1. The van der Waals surface area contributed by atoms with Gasteiger partial charge >= 0.3 is 11.9 Å². The van der Waals surface area contributed by atoms with Crippen molar-refractivity contribution in [1.29, 1.82) is 0 Å². The molecule has 1 heterocycles. The molecule has 2 bridgehead atoms. The third-order valence-corrected chi connectivity index (χ3v) is 6.18. The fraction of sp³-hybridized carbons (Fsp3) is 0.733. The topological polar surface area (TPSA) is 52.6 Å². The van der Waals surface area contributed by atoms with Gasteiger partial charge in [0.15, 0.2) is 0 Å². The molecule has 4 nitrogen and oxygen atoms in total. The normalized spacial score (nSPS) is 31.8. The third-order valence-electron chi connectivity index (χ3n) is 4.18. The van der Waals surface area contributed by atoms with Crippen molar-refractivity contribution in [2.75, 3.05) is 7.11 Å². The van der Waals surface area contributed by atoms with Gasteiger partial charge in [0.05, 0.1) is 16.4 Å². The Bertz CT molecular complexity index is 451. The van der Waals surface area contributed by atoms with E-state index in [1.165, 1.54) is 7.11 Å². The molecular weight excluding hydrogens is 371 g/mol. The molecule has 1 aliphatic heterocycles. The van der Waals surface area contributed by atoms with Crippen LogP contribution >= 0.6 is 22.6 Å². The van der Waals surface area contributed by atoms with Crippen LogP contribution in [-0.2, 0) is 19.1 Å². The summed E-state index contributed by atoms with van der Waals surface area (Å²) in [4.78, 5) is 23.1. The van der Waals surface area contributed by atoms with Crippen LogP contribution in [0, 0.1) is 17.3 Å². The molecule has 1 saturated heterocycles. The molecule has 0 radical (unpaired) electrons. The minimum absolute atomic E-state index is 0.0254. The highest BCUT2D eigenvalue weighted by Crippen LogP contribution is 2.50. The second-order valence-electron chi connectivity index (χ2n) is 5.39. The standard InChI is InChI=1S/C15H19IO4/c1-19-12(17)8-3-2-5-9-15-10-6-4-7-11(13(15)16)20-14(15)18/h11,13H,2,4-7,9-10H2,1H3/t11-,13+,15+/m0/s1. The van der Waals surface area contributed by atoms with Gasteiger partial charge in [-0.25, -0.2) is 4.79 Å². The highest BCUT2D eigenvalue weighted by atomic mass is 127. The first-order chi connectivity index (χ1) is 9.60. The number of fused-ring (bicyclic) bond motifs is 2. The summed E-state index contributed by atoms with van der Waals surface area (Å²) >= 11 is 2.39. The van der Waals surface area contributed by atoms with E-state index >= 15 is 0 Å². The molecule has 1 aliphatic carbocycles. The summed E-state index contributed by atoms with van der Waals surface area (Å²) in [6.07, 6.45) is 6.45. The van der Waals surface area contributed by atoms with E-state index in [0.717, 1.165) is 38.5 Å². The van der Waals surface area contributed by atoms with E-state index in [4.69, 9.17) is 4.74 Å². The van der Waals surface area contributed by atoms with Crippen LogP contribution in [0.4, 0.5) is 0 Å². The minimum atomic E-state index is -0.510. The van der Waals surface area contributed by atoms with Crippen molar-refractivity contribution in [2.45, 2.75) is 55.0 Å². The number of hydrogen-bond donors (Lipinski definition) is 0. The number of rotatable bonds is 3. The Balaban J connectivity index is 1.93.